The predicted octanol–water partition coefficient (Wildman–Crippen LogP) is 2.66. The molecule has 1 saturated heterocycles. The van der Waals surface area contributed by atoms with Gasteiger partial charge in [0.2, 0.25) is 0 Å². The van der Waals surface area contributed by atoms with Gasteiger partial charge in [-0.2, -0.15) is 0 Å². The van der Waals surface area contributed by atoms with Crippen LogP contribution in [0.25, 0.3) is 0 Å². The Labute approximate surface area is 192 Å². The molecule has 7 nitrogen and oxygen atoms in total. The highest BCUT2D eigenvalue weighted by Gasteiger charge is 2.21. The number of methoxy groups -OCH3 is 2. The van der Waals surface area contributed by atoms with E-state index in [1.807, 2.05) is 19.2 Å². The second kappa shape index (κ2) is 11.7. The second-order valence-electron chi connectivity index (χ2n) is 8.35. The first-order chi connectivity index (χ1) is 15.5. The zero-order chi connectivity index (χ0) is 22.9. The minimum Gasteiger partial charge on any atom is -0.497 e. The Hall–Kier alpha value is -2.77. The van der Waals surface area contributed by atoms with Crippen LogP contribution in [0.5, 0.6) is 11.5 Å². The molecule has 32 heavy (non-hydrogen) atoms. The van der Waals surface area contributed by atoms with Crippen molar-refractivity contribution < 1.29 is 9.47 Å². The van der Waals surface area contributed by atoms with Crippen molar-refractivity contribution in [1.82, 2.24) is 20.0 Å². The monoisotopic (exact) mass is 439 g/mol. The number of guanidine groups is 1. The molecule has 0 unspecified atom stereocenters. The minimum atomic E-state index is 0.776. The maximum absolute atomic E-state index is 5.55. The third-order valence-electron chi connectivity index (χ3n) is 5.81. The number of piperazine rings is 1. The van der Waals surface area contributed by atoms with E-state index in [1.165, 1.54) is 11.1 Å². The van der Waals surface area contributed by atoms with Crippen molar-refractivity contribution in [2.75, 3.05) is 61.5 Å². The summed E-state index contributed by atoms with van der Waals surface area (Å²) >= 11 is 0. The highest BCUT2D eigenvalue weighted by Crippen LogP contribution is 2.25. The second-order valence-corrected chi connectivity index (χ2v) is 8.35. The van der Waals surface area contributed by atoms with Crippen molar-refractivity contribution in [2.24, 2.45) is 4.99 Å². The molecule has 0 aliphatic carbocycles. The van der Waals surface area contributed by atoms with Gasteiger partial charge in [0.15, 0.2) is 5.96 Å². The van der Waals surface area contributed by atoms with Gasteiger partial charge in [0.25, 0.3) is 0 Å². The highest BCUT2D eigenvalue weighted by atomic mass is 16.5. The summed E-state index contributed by atoms with van der Waals surface area (Å²) in [5.74, 6) is 2.73. The van der Waals surface area contributed by atoms with Crippen molar-refractivity contribution >= 4 is 5.96 Å². The fourth-order valence-corrected chi connectivity index (χ4v) is 4.10. The van der Waals surface area contributed by atoms with Gasteiger partial charge in [-0.3, -0.25) is 9.89 Å². The van der Waals surface area contributed by atoms with Crippen LogP contribution in [0.15, 0.2) is 47.5 Å². The molecule has 2 aromatic carbocycles. The summed E-state index contributed by atoms with van der Waals surface area (Å²) in [5.41, 5.74) is 3.81. The van der Waals surface area contributed by atoms with Gasteiger partial charge in [0, 0.05) is 58.4 Å². The van der Waals surface area contributed by atoms with Crippen LogP contribution in [0.1, 0.15) is 16.7 Å². The fraction of sp³-hybridized carbons (Fsp3) is 0.480. The van der Waals surface area contributed by atoms with Crippen LogP contribution in [0.4, 0.5) is 0 Å². The minimum absolute atomic E-state index is 0.776. The maximum atomic E-state index is 5.55. The van der Waals surface area contributed by atoms with Crippen LogP contribution in [0, 0.1) is 0 Å². The van der Waals surface area contributed by atoms with Crippen LogP contribution in [0.3, 0.4) is 0 Å². The van der Waals surface area contributed by atoms with Gasteiger partial charge in [0.05, 0.1) is 14.2 Å². The largest absolute Gasteiger partial charge is 0.497 e. The molecule has 0 spiro atoms. The topological polar surface area (TPSA) is 52.6 Å². The maximum Gasteiger partial charge on any atom is 0.194 e. The molecule has 7 heteroatoms. The molecule has 174 valence electrons. The molecule has 0 atom stereocenters. The molecule has 3 rings (SSSR count). The molecule has 0 radical (unpaired) electrons. The first-order valence-corrected chi connectivity index (χ1v) is 11.1. The molecule has 2 aromatic rings. The van der Waals surface area contributed by atoms with Gasteiger partial charge < -0.3 is 24.6 Å². The third kappa shape index (κ3) is 6.37. The summed E-state index contributed by atoms with van der Waals surface area (Å²) in [6, 6.07) is 14.6. The zero-order valence-corrected chi connectivity index (χ0v) is 20.1. The third-order valence-corrected chi connectivity index (χ3v) is 5.81. The Balaban J connectivity index is 1.55. The zero-order valence-electron chi connectivity index (χ0n) is 20.1. The molecule has 0 bridgehead atoms. The first-order valence-electron chi connectivity index (χ1n) is 11.1. The number of ether oxygens (including phenoxy) is 2. The Morgan fingerprint density at radius 1 is 0.969 bits per heavy atom. The summed E-state index contributed by atoms with van der Waals surface area (Å²) < 4.78 is 10.9. The van der Waals surface area contributed by atoms with Crippen molar-refractivity contribution in [3.63, 3.8) is 0 Å². The number of rotatable bonds is 8. The lowest BCUT2D eigenvalue weighted by Gasteiger charge is -2.36. The molecule has 1 aliphatic rings. The number of aliphatic imine (C=N–C) groups is 1. The lowest BCUT2D eigenvalue weighted by molar-refractivity contribution is 0.171. The highest BCUT2D eigenvalue weighted by molar-refractivity contribution is 5.80. The molecule has 1 aliphatic heterocycles. The summed E-state index contributed by atoms with van der Waals surface area (Å²) in [7, 11) is 9.48. The summed E-state index contributed by atoms with van der Waals surface area (Å²) in [4.78, 5) is 11.5. The van der Waals surface area contributed by atoms with E-state index in [9.17, 15) is 0 Å². The van der Waals surface area contributed by atoms with Crippen molar-refractivity contribution in [2.45, 2.75) is 19.6 Å². The van der Waals surface area contributed by atoms with E-state index in [1.54, 1.807) is 14.2 Å². The number of benzene rings is 2. The first kappa shape index (κ1) is 23.9. The summed E-state index contributed by atoms with van der Waals surface area (Å²) in [5, 5.41) is 3.57. The Morgan fingerprint density at radius 3 is 2.31 bits per heavy atom. The van der Waals surface area contributed by atoms with Crippen LogP contribution in [-0.4, -0.2) is 82.2 Å². The number of hydrogen-bond donors (Lipinski definition) is 1. The standard InChI is InChI=1S/C25H37N5O2/c1-26-25(27-17-20-8-6-7-9-21(20)18-28(2)3)30-14-12-29(13-15-30)19-22-16-23(31-4)10-11-24(22)32-5/h6-11,16H,12-15,17-19H2,1-5H3,(H,26,27). The average molecular weight is 440 g/mol. The van der Waals surface area contributed by atoms with Gasteiger partial charge in [-0.1, -0.05) is 24.3 Å². The predicted molar refractivity (Wildman–Crippen MR) is 130 cm³/mol. The van der Waals surface area contributed by atoms with Gasteiger partial charge >= 0.3 is 0 Å². The van der Waals surface area contributed by atoms with E-state index in [-0.39, 0.29) is 0 Å². The molecule has 0 amide bonds. The van der Waals surface area contributed by atoms with E-state index in [0.29, 0.717) is 0 Å². The fourth-order valence-electron chi connectivity index (χ4n) is 4.10. The van der Waals surface area contributed by atoms with Gasteiger partial charge in [-0.25, -0.2) is 0 Å². The Morgan fingerprint density at radius 2 is 1.69 bits per heavy atom. The lowest BCUT2D eigenvalue weighted by atomic mass is 10.1. The van der Waals surface area contributed by atoms with Crippen LogP contribution >= 0.6 is 0 Å². The molecule has 1 N–H and O–H groups in total. The van der Waals surface area contributed by atoms with Crippen molar-refractivity contribution in [3.8, 4) is 11.5 Å². The Bertz CT molecular complexity index is 892. The van der Waals surface area contributed by atoms with E-state index < -0.39 is 0 Å². The number of nitrogens with zero attached hydrogens (tertiary/aromatic N) is 4. The normalized spacial score (nSPS) is 15.2. The molecule has 0 aromatic heterocycles. The van der Waals surface area contributed by atoms with Gasteiger partial charge in [0.1, 0.15) is 11.5 Å². The average Bonchev–Trinajstić information content (AvgIpc) is 2.81. The van der Waals surface area contributed by atoms with E-state index in [0.717, 1.165) is 68.8 Å². The molecular weight excluding hydrogens is 402 g/mol. The van der Waals surface area contributed by atoms with E-state index >= 15 is 0 Å². The Kier molecular flexibility index (Phi) is 8.76. The number of hydrogen-bond acceptors (Lipinski definition) is 5. The van der Waals surface area contributed by atoms with Crippen LogP contribution in [0.2, 0.25) is 0 Å². The van der Waals surface area contributed by atoms with Gasteiger partial charge in [-0.05, 0) is 43.4 Å². The van der Waals surface area contributed by atoms with Crippen LogP contribution in [-0.2, 0) is 19.6 Å². The van der Waals surface area contributed by atoms with E-state index in [4.69, 9.17) is 9.47 Å². The van der Waals surface area contributed by atoms with Crippen molar-refractivity contribution in [1.29, 1.82) is 0 Å². The lowest BCUT2D eigenvalue weighted by Crippen LogP contribution is -2.52. The molecule has 1 fully saturated rings. The van der Waals surface area contributed by atoms with Gasteiger partial charge in [-0.15, -0.1) is 0 Å². The molecular formula is C25H37N5O2. The quantitative estimate of drug-likeness (QED) is 0.504. The van der Waals surface area contributed by atoms with Crippen LogP contribution < -0.4 is 14.8 Å². The number of nitrogens with one attached hydrogen (secondary N) is 1. The van der Waals surface area contributed by atoms with Crippen molar-refractivity contribution in [3.05, 3.63) is 59.2 Å². The summed E-state index contributed by atoms with van der Waals surface area (Å²) in [6.07, 6.45) is 0. The SMILES string of the molecule is CN=C(NCc1ccccc1CN(C)C)N1CCN(Cc2cc(OC)ccc2OC)CC1. The smallest absolute Gasteiger partial charge is 0.194 e. The molecule has 0 saturated carbocycles. The van der Waals surface area contributed by atoms with E-state index in [2.05, 4.69) is 69.4 Å². The summed E-state index contributed by atoms with van der Waals surface area (Å²) in [6.45, 7) is 6.37. The molecule has 1 heterocycles.